The maximum atomic E-state index is 13.1. The second-order valence-electron chi connectivity index (χ2n) is 10.4. The number of pyridine rings is 1. The molecule has 4 aromatic heterocycles. The summed E-state index contributed by atoms with van der Waals surface area (Å²) in [4.78, 5) is 41.0. The van der Waals surface area contributed by atoms with Gasteiger partial charge in [0.15, 0.2) is 5.65 Å². The van der Waals surface area contributed by atoms with Crippen LogP contribution in [0, 0.1) is 0 Å². The van der Waals surface area contributed by atoms with Gasteiger partial charge in [0.05, 0.1) is 11.9 Å². The summed E-state index contributed by atoms with van der Waals surface area (Å²) in [6.07, 6.45) is 8.42. The van der Waals surface area contributed by atoms with Crippen molar-refractivity contribution >= 4 is 23.3 Å². The van der Waals surface area contributed by atoms with Crippen LogP contribution in [0.4, 0.5) is 5.82 Å². The molecule has 11 nitrogen and oxygen atoms in total. The first kappa shape index (κ1) is 24.1. The molecule has 2 bridgehead atoms. The summed E-state index contributed by atoms with van der Waals surface area (Å²) in [5.74, 6) is 0.695. The molecule has 2 aliphatic heterocycles. The summed E-state index contributed by atoms with van der Waals surface area (Å²) in [6, 6.07) is 16.2. The predicted octanol–water partition coefficient (Wildman–Crippen LogP) is 4.09. The number of amides is 2. The zero-order valence-electron chi connectivity index (χ0n) is 21.9. The molecule has 2 unspecified atom stereocenters. The van der Waals surface area contributed by atoms with Crippen LogP contribution in [0.3, 0.4) is 0 Å². The van der Waals surface area contributed by atoms with Gasteiger partial charge in [0.1, 0.15) is 12.1 Å². The summed E-state index contributed by atoms with van der Waals surface area (Å²) in [6.45, 7) is 1.48. The van der Waals surface area contributed by atoms with Gasteiger partial charge in [0.25, 0.3) is 5.91 Å². The Morgan fingerprint density at radius 2 is 1.77 bits per heavy atom. The van der Waals surface area contributed by atoms with Crippen molar-refractivity contribution in [2.75, 3.05) is 5.32 Å². The van der Waals surface area contributed by atoms with Crippen LogP contribution in [0.1, 0.15) is 54.8 Å². The lowest BCUT2D eigenvalue weighted by molar-refractivity contribution is -0.114. The van der Waals surface area contributed by atoms with Gasteiger partial charge in [-0.2, -0.15) is 14.7 Å². The molecule has 0 aliphatic carbocycles. The number of carbonyl (C=O) groups excluding carboxylic acids is 2. The lowest BCUT2D eigenvalue weighted by Gasteiger charge is -2.38. The van der Waals surface area contributed by atoms with Crippen molar-refractivity contribution in [2.24, 2.45) is 0 Å². The highest BCUT2D eigenvalue weighted by Crippen LogP contribution is 2.44. The van der Waals surface area contributed by atoms with Gasteiger partial charge in [0, 0.05) is 59.6 Å². The van der Waals surface area contributed by atoms with Gasteiger partial charge in [-0.15, -0.1) is 0 Å². The van der Waals surface area contributed by atoms with E-state index in [1.54, 1.807) is 10.7 Å². The zero-order chi connectivity index (χ0) is 27.2. The molecule has 2 atom stereocenters. The Labute approximate surface area is 229 Å². The molecule has 2 N–H and O–H groups in total. The summed E-state index contributed by atoms with van der Waals surface area (Å²) >= 11 is 0. The lowest BCUT2D eigenvalue weighted by atomic mass is 9.87. The summed E-state index contributed by atoms with van der Waals surface area (Å²) in [7, 11) is 0. The fraction of sp³-hybridized carbons (Fsp3) is 0.276. The smallest absolute Gasteiger partial charge is 0.291 e. The third-order valence-electron chi connectivity index (χ3n) is 7.94. The fourth-order valence-corrected chi connectivity index (χ4v) is 6.18. The minimum atomic E-state index is -0.183. The maximum Gasteiger partial charge on any atom is 0.291 e. The number of carbonyl (C=O) groups is 2. The molecular formula is C29H27N9O2. The fourth-order valence-electron chi connectivity index (χ4n) is 6.18. The topological polar surface area (TPSA) is 134 Å². The van der Waals surface area contributed by atoms with Crippen LogP contribution in [-0.2, 0) is 4.79 Å². The van der Waals surface area contributed by atoms with Crippen LogP contribution in [0.25, 0.3) is 28.0 Å². The Kier molecular flexibility index (Phi) is 5.84. The second kappa shape index (κ2) is 9.67. The van der Waals surface area contributed by atoms with Crippen LogP contribution in [0.5, 0.6) is 0 Å². The molecule has 6 heterocycles. The Balaban J connectivity index is 1.23. The maximum absolute atomic E-state index is 13.1. The molecule has 2 aliphatic rings. The molecule has 200 valence electrons. The second-order valence-corrected chi connectivity index (χ2v) is 10.4. The van der Waals surface area contributed by atoms with Crippen LogP contribution < -0.4 is 5.32 Å². The molecule has 40 heavy (non-hydrogen) atoms. The predicted molar refractivity (Wildman–Crippen MR) is 147 cm³/mol. The highest BCUT2D eigenvalue weighted by Gasteiger charge is 2.45. The number of fused-ring (bicyclic) bond motifs is 3. The van der Waals surface area contributed by atoms with Gasteiger partial charge in [-0.1, -0.05) is 36.4 Å². The summed E-state index contributed by atoms with van der Waals surface area (Å²) in [5.41, 5.74) is 5.20. The SMILES string of the molecule is CC(=O)Nc1cc(C2CC3CCC(C2)N3C(=O)c2ncn[nH]2)nc2c(-c3ccc(-c4ccccc4)nc3)cnn12. The molecule has 2 fully saturated rings. The summed E-state index contributed by atoms with van der Waals surface area (Å²) < 4.78 is 1.67. The minimum Gasteiger partial charge on any atom is -0.330 e. The van der Waals surface area contributed by atoms with Crippen LogP contribution in [0.15, 0.2) is 67.3 Å². The average Bonchev–Trinajstić information content (AvgIpc) is 3.71. The van der Waals surface area contributed by atoms with Gasteiger partial charge in [-0.3, -0.25) is 19.7 Å². The molecule has 5 aromatic rings. The van der Waals surface area contributed by atoms with E-state index in [1.807, 2.05) is 59.6 Å². The number of aromatic amines is 1. The average molecular weight is 534 g/mol. The van der Waals surface area contributed by atoms with E-state index < -0.39 is 0 Å². The van der Waals surface area contributed by atoms with Gasteiger partial charge in [-0.05, 0) is 31.7 Å². The normalized spacial score (nSPS) is 20.1. The quantitative estimate of drug-likeness (QED) is 0.348. The Hall–Kier alpha value is -4.93. The van der Waals surface area contributed by atoms with E-state index in [4.69, 9.17) is 4.98 Å². The van der Waals surface area contributed by atoms with Crippen molar-refractivity contribution in [3.8, 4) is 22.4 Å². The first-order valence-electron chi connectivity index (χ1n) is 13.4. The zero-order valence-corrected chi connectivity index (χ0v) is 21.9. The van der Waals surface area contributed by atoms with E-state index in [9.17, 15) is 9.59 Å². The molecule has 11 heteroatoms. The number of piperidine rings is 1. The van der Waals surface area contributed by atoms with E-state index in [0.29, 0.717) is 11.5 Å². The molecular weight excluding hydrogens is 506 g/mol. The number of nitrogens with zero attached hydrogens (tertiary/aromatic N) is 7. The van der Waals surface area contributed by atoms with Gasteiger partial charge < -0.3 is 10.2 Å². The monoisotopic (exact) mass is 533 g/mol. The molecule has 0 saturated carbocycles. The first-order valence-corrected chi connectivity index (χ1v) is 13.4. The lowest BCUT2D eigenvalue weighted by Crippen LogP contribution is -2.46. The number of hydrogen-bond acceptors (Lipinski definition) is 7. The Bertz CT molecular complexity index is 1680. The minimum absolute atomic E-state index is 0.0997. The number of H-pyrrole nitrogens is 1. The standard InChI is InChI=1S/C29H27N9O2/c1-17(39)34-26-13-25(20-11-21-8-9-22(12-20)37(21)29(40)27-31-16-32-36-27)35-28-23(15-33-38(26)28)19-7-10-24(30-14-19)18-5-3-2-4-6-18/h2-7,10,13-16,20-22H,8-9,11-12H2,1H3,(H,34,39)(H,31,32,36). The number of anilines is 1. The molecule has 1 aromatic carbocycles. The van der Waals surface area contributed by atoms with Gasteiger partial charge in [0.2, 0.25) is 11.7 Å². The number of hydrogen-bond donors (Lipinski definition) is 2. The largest absolute Gasteiger partial charge is 0.330 e. The third kappa shape index (κ3) is 4.19. The van der Waals surface area contributed by atoms with E-state index in [0.717, 1.165) is 53.8 Å². The molecule has 2 saturated heterocycles. The molecule has 2 amide bonds. The summed E-state index contributed by atoms with van der Waals surface area (Å²) in [5, 5.41) is 14.0. The first-order chi connectivity index (χ1) is 19.5. The van der Waals surface area contributed by atoms with Crippen molar-refractivity contribution < 1.29 is 9.59 Å². The van der Waals surface area contributed by atoms with E-state index in [2.05, 4.69) is 30.6 Å². The van der Waals surface area contributed by atoms with Crippen LogP contribution in [-0.4, -0.2) is 63.6 Å². The Morgan fingerprint density at radius 1 is 0.975 bits per heavy atom. The number of benzene rings is 1. The van der Waals surface area contributed by atoms with Crippen molar-refractivity contribution in [1.29, 1.82) is 0 Å². The molecule has 0 radical (unpaired) electrons. The van der Waals surface area contributed by atoms with Crippen molar-refractivity contribution in [3.63, 3.8) is 0 Å². The van der Waals surface area contributed by atoms with Crippen molar-refractivity contribution in [1.82, 2.24) is 39.7 Å². The van der Waals surface area contributed by atoms with Crippen LogP contribution >= 0.6 is 0 Å². The van der Waals surface area contributed by atoms with Crippen molar-refractivity contribution in [2.45, 2.75) is 50.6 Å². The Morgan fingerprint density at radius 3 is 2.45 bits per heavy atom. The van der Waals surface area contributed by atoms with Gasteiger partial charge >= 0.3 is 0 Å². The molecule has 0 spiro atoms. The van der Waals surface area contributed by atoms with E-state index in [-0.39, 0.29) is 35.6 Å². The highest BCUT2D eigenvalue weighted by atomic mass is 16.2. The van der Waals surface area contributed by atoms with Gasteiger partial charge in [-0.25, -0.2) is 9.97 Å². The van der Waals surface area contributed by atoms with E-state index in [1.165, 1.54) is 13.3 Å². The molecule has 7 rings (SSSR count). The third-order valence-corrected chi connectivity index (χ3v) is 7.94. The van der Waals surface area contributed by atoms with Crippen molar-refractivity contribution in [3.05, 3.63) is 78.8 Å². The highest BCUT2D eigenvalue weighted by molar-refractivity contribution is 5.91. The number of aromatic nitrogens is 7. The number of nitrogens with one attached hydrogen (secondary N) is 2. The van der Waals surface area contributed by atoms with Crippen LogP contribution in [0.2, 0.25) is 0 Å². The van der Waals surface area contributed by atoms with E-state index >= 15 is 0 Å². The number of rotatable bonds is 5.